The number of carbonyl (C=O) groups is 1. The molecule has 0 radical (unpaired) electrons. The molecule has 1 aliphatic rings. The van der Waals surface area contributed by atoms with Crippen LogP contribution in [0.5, 0.6) is 0 Å². The molecule has 0 aromatic carbocycles. The monoisotopic (exact) mass is 570 g/mol. The third-order valence-corrected chi connectivity index (χ3v) is 7.65. The first-order valence-electron chi connectivity index (χ1n) is 16.5. The Morgan fingerprint density at radius 1 is 0.675 bits per heavy atom. The Kier molecular flexibility index (Phi) is 23.8. The molecule has 1 rings (SSSR count). The van der Waals surface area contributed by atoms with Crippen molar-refractivity contribution in [1.29, 1.82) is 0 Å². The maximum atomic E-state index is 11.6. The highest BCUT2D eigenvalue weighted by atomic mass is 16.5. The van der Waals surface area contributed by atoms with E-state index in [1.54, 1.807) is 6.08 Å². The number of hydrogen-bond donors (Lipinski definition) is 3. The number of cyclic esters (lactones) is 1. The summed E-state index contributed by atoms with van der Waals surface area (Å²) in [5.41, 5.74) is 0.612. The van der Waals surface area contributed by atoms with Gasteiger partial charge in [-0.3, -0.25) is 0 Å². The normalized spacial score (nSPS) is 17.6. The van der Waals surface area contributed by atoms with Gasteiger partial charge in [0.2, 0.25) is 0 Å². The second kappa shape index (κ2) is 25.7. The lowest BCUT2D eigenvalue weighted by Gasteiger charge is -2.13. The van der Waals surface area contributed by atoms with E-state index in [0.29, 0.717) is 38.4 Å². The number of unbranched alkanes of at least 4 members (excludes halogenated alkanes) is 14. The second-order valence-electron chi connectivity index (χ2n) is 11.8. The summed E-state index contributed by atoms with van der Waals surface area (Å²) in [6, 6.07) is 0. The molecular weight excluding hydrogens is 508 g/mol. The first-order chi connectivity index (χ1) is 19.4. The summed E-state index contributed by atoms with van der Waals surface area (Å²) < 4.78 is 16.1. The fourth-order valence-electron chi connectivity index (χ4n) is 5.19. The molecule has 7 nitrogen and oxygen atoms in total. The molecule has 0 aromatic heterocycles. The van der Waals surface area contributed by atoms with Crippen LogP contribution in [0.1, 0.15) is 142 Å². The zero-order valence-corrected chi connectivity index (χ0v) is 25.8. The Hall–Kier alpha value is -0.990. The van der Waals surface area contributed by atoms with Crippen LogP contribution in [-0.4, -0.2) is 72.1 Å². The lowest BCUT2D eigenvalue weighted by molar-refractivity contribution is -0.139. The zero-order valence-electron chi connectivity index (χ0n) is 25.8. The van der Waals surface area contributed by atoms with Gasteiger partial charge in [0.25, 0.3) is 0 Å². The predicted octanol–water partition coefficient (Wildman–Crippen LogP) is 6.80. The average Bonchev–Trinajstić information content (AvgIpc) is 3.24. The predicted molar refractivity (Wildman–Crippen MR) is 161 cm³/mol. The minimum atomic E-state index is -0.464. The lowest BCUT2D eigenvalue weighted by Crippen LogP contribution is -2.20. The van der Waals surface area contributed by atoms with Crippen molar-refractivity contribution in [3.05, 3.63) is 11.6 Å². The minimum absolute atomic E-state index is 0.170. The zero-order chi connectivity index (χ0) is 29.3. The molecule has 0 amide bonds. The van der Waals surface area contributed by atoms with Crippen molar-refractivity contribution in [1.82, 2.24) is 0 Å². The van der Waals surface area contributed by atoms with Crippen molar-refractivity contribution in [3.63, 3.8) is 0 Å². The van der Waals surface area contributed by atoms with Crippen LogP contribution in [0.25, 0.3) is 0 Å². The van der Waals surface area contributed by atoms with E-state index in [1.165, 1.54) is 70.6 Å². The molecule has 0 saturated carbocycles. The van der Waals surface area contributed by atoms with Gasteiger partial charge in [0.15, 0.2) is 0 Å². The highest BCUT2D eigenvalue weighted by Crippen LogP contribution is 2.20. The summed E-state index contributed by atoms with van der Waals surface area (Å²) in [6.45, 7) is 5.67. The van der Waals surface area contributed by atoms with Gasteiger partial charge in [0.05, 0.1) is 44.7 Å². The molecule has 0 spiro atoms. The molecule has 0 aromatic rings. The number of aliphatic hydroxyl groups excluding tert-OH is 3. The SMILES string of the molecule is CCCCCCCCCC[C@H](O)COCCOC[C@@H](O)CCCCCCCCCC[C@@H](O)CC1=C[C@H](C)OC1=O. The molecule has 0 bridgehead atoms. The highest BCUT2D eigenvalue weighted by Gasteiger charge is 2.23. The van der Waals surface area contributed by atoms with Gasteiger partial charge in [-0.05, 0) is 32.3 Å². The largest absolute Gasteiger partial charge is 0.455 e. The van der Waals surface area contributed by atoms with Gasteiger partial charge in [-0.15, -0.1) is 0 Å². The molecule has 1 aliphatic heterocycles. The van der Waals surface area contributed by atoms with Crippen molar-refractivity contribution in [3.8, 4) is 0 Å². The number of carbonyl (C=O) groups excluding carboxylic acids is 1. The molecule has 7 heteroatoms. The summed E-state index contributed by atoms with van der Waals surface area (Å²) in [4.78, 5) is 11.6. The molecule has 1 heterocycles. The van der Waals surface area contributed by atoms with E-state index in [4.69, 9.17) is 14.2 Å². The highest BCUT2D eigenvalue weighted by molar-refractivity contribution is 5.90. The third kappa shape index (κ3) is 21.7. The van der Waals surface area contributed by atoms with Crippen LogP contribution in [0, 0.1) is 0 Å². The van der Waals surface area contributed by atoms with E-state index in [-0.39, 0.29) is 12.1 Å². The quantitative estimate of drug-likeness (QED) is 0.0671. The molecule has 4 atom stereocenters. The van der Waals surface area contributed by atoms with Gasteiger partial charge in [-0.2, -0.15) is 0 Å². The van der Waals surface area contributed by atoms with Crippen LogP contribution < -0.4 is 0 Å². The Balaban J connectivity index is 1.79. The van der Waals surface area contributed by atoms with Crippen molar-refractivity contribution in [2.75, 3.05) is 26.4 Å². The lowest BCUT2D eigenvalue weighted by atomic mass is 10.0. The van der Waals surface area contributed by atoms with E-state index in [1.807, 2.05) is 6.92 Å². The van der Waals surface area contributed by atoms with Crippen molar-refractivity contribution in [2.24, 2.45) is 0 Å². The van der Waals surface area contributed by atoms with Gasteiger partial charge < -0.3 is 29.5 Å². The number of rotatable bonds is 29. The molecule has 0 unspecified atom stereocenters. The molecule has 3 N–H and O–H groups in total. The van der Waals surface area contributed by atoms with E-state index in [2.05, 4.69) is 6.92 Å². The third-order valence-electron chi connectivity index (χ3n) is 7.65. The van der Waals surface area contributed by atoms with Crippen LogP contribution in [0.4, 0.5) is 0 Å². The van der Waals surface area contributed by atoms with E-state index in [0.717, 1.165) is 51.4 Å². The summed E-state index contributed by atoms with van der Waals surface area (Å²) in [6.07, 6.45) is 22.2. The van der Waals surface area contributed by atoms with Gasteiger partial charge in [-0.25, -0.2) is 4.79 Å². The number of esters is 1. The first kappa shape index (κ1) is 37.0. The van der Waals surface area contributed by atoms with Gasteiger partial charge in [0, 0.05) is 12.0 Å². The van der Waals surface area contributed by atoms with E-state index in [9.17, 15) is 20.1 Å². The smallest absolute Gasteiger partial charge is 0.334 e. The fraction of sp³-hybridized carbons (Fsp3) is 0.909. The standard InChI is InChI=1S/C33H62O7/c1-3-4-5-6-7-10-14-17-20-31(35)26-38-22-23-39-27-32(36)21-18-15-12-9-8-11-13-16-19-30(34)25-29-24-28(2)40-33(29)37/h24,28,30-32,34-36H,3-23,25-27H2,1-2H3/t28-,30+,31-,32-/m0/s1. The summed E-state index contributed by atoms with van der Waals surface area (Å²) >= 11 is 0. The maximum absolute atomic E-state index is 11.6. The van der Waals surface area contributed by atoms with Crippen molar-refractivity contribution in [2.45, 2.75) is 167 Å². The van der Waals surface area contributed by atoms with Crippen LogP contribution in [0.2, 0.25) is 0 Å². The van der Waals surface area contributed by atoms with Crippen LogP contribution in [-0.2, 0) is 19.0 Å². The Morgan fingerprint density at radius 3 is 1.48 bits per heavy atom. The number of ether oxygens (including phenoxy) is 3. The molecule has 0 aliphatic carbocycles. The topological polar surface area (TPSA) is 105 Å². The Morgan fingerprint density at radius 2 is 1.07 bits per heavy atom. The summed E-state index contributed by atoms with van der Waals surface area (Å²) in [5.74, 6) is -0.284. The molecule has 40 heavy (non-hydrogen) atoms. The average molecular weight is 571 g/mol. The molecule has 236 valence electrons. The summed E-state index contributed by atoms with van der Waals surface area (Å²) in [5, 5.41) is 30.3. The maximum Gasteiger partial charge on any atom is 0.334 e. The van der Waals surface area contributed by atoms with Crippen LogP contribution in [0.3, 0.4) is 0 Å². The fourth-order valence-corrected chi connectivity index (χ4v) is 5.19. The van der Waals surface area contributed by atoms with E-state index < -0.39 is 18.3 Å². The van der Waals surface area contributed by atoms with Crippen LogP contribution >= 0.6 is 0 Å². The molecular formula is C33H62O7. The minimum Gasteiger partial charge on any atom is -0.455 e. The van der Waals surface area contributed by atoms with Gasteiger partial charge in [0.1, 0.15) is 6.10 Å². The summed E-state index contributed by atoms with van der Waals surface area (Å²) in [7, 11) is 0. The molecule has 0 saturated heterocycles. The number of aliphatic hydroxyl groups is 3. The Bertz CT molecular complexity index is 624. The second-order valence-corrected chi connectivity index (χ2v) is 11.8. The number of hydrogen-bond acceptors (Lipinski definition) is 7. The first-order valence-corrected chi connectivity index (χ1v) is 16.5. The molecule has 0 fully saturated rings. The Labute approximate surface area is 245 Å². The van der Waals surface area contributed by atoms with Gasteiger partial charge in [-0.1, -0.05) is 110 Å². The van der Waals surface area contributed by atoms with Crippen molar-refractivity contribution >= 4 is 5.97 Å². The van der Waals surface area contributed by atoms with Crippen LogP contribution in [0.15, 0.2) is 11.6 Å². The van der Waals surface area contributed by atoms with Gasteiger partial charge >= 0.3 is 5.97 Å². The van der Waals surface area contributed by atoms with E-state index >= 15 is 0 Å². The van der Waals surface area contributed by atoms with Crippen molar-refractivity contribution < 1.29 is 34.3 Å².